The zero-order valence-corrected chi connectivity index (χ0v) is 14.7. The third-order valence-corrected chi connectivity index (χ3v) is 3.92. The van der Waals surface area contributed by atoms with E-state index < -0.39 is 18.2 Å². The summed E-state index contributed by atoms with van der Waals surface area (Å²) in [6, 6.07) is 6.29. The van der Waals surface area contributed by atoms with Gasteiger partial charge in [-0.3, -0.25) is 5.32 Å². The Morgan fingerprint density at radius 2 is 2.15 bits per heavy atom. The van der Waals surface area contributed by atoms with Gasteiger partial charge in [0.1, 0.15) is 17.1 Å². The van der Waals surface area contributed by atoms with Gasteiger partial charge in [-0.2, -0.15) is 13.9 Å². The highest BCUT2D eigenvalue weighted by molar-refractivity contribution is 5.88. The van der Waals surface area contributed by atoms with Crippen molar-refractivity contribution in [1.82, 2.24) is 14.7 Å². The molecule has 1 aliphatic rings. The zero-order valence-electron chi connectivity index (χ0n) is 14.7. The molecule has 0 atom stereocenters. The molecule has 2 aromatic rings. The number of nitrogens with zero attached hydrogens (tertiary/aromatic N) is 3. The zero-order chi connectivity index (χ0) is 18.9. The number of amides is 2. The molecule has 2 heterocycles. The van der Waals surface area contributed by atoms with Crippen LogP contribution in [0.3, 0.4) is 0 Å². The maximum atomic E-state index is 12.6. The van der Waals surface area contributed by atoms with E-state index in [-0.39, 0.29) is 5.82 Å². The summed E-state index contributed by atoms with van der Waals surface area (Å²) in [5.41, 5.74) is 0.182. The smallest absolute Gasteiger partial charge is 0.333 e. The van der Waals surface area contributed by atoms with Crippen molar-refractivity contribution >= 4 is 11.8 Å². The third kappa shape index (κ3) is 3.87. The van der Waals surface area contributed by atoms with Gasteiger partial charge in [-0.05, 0) is 26.0 Å². The molecule has 0 spiro atoms. The van der Waals surface area contributed by atoms with Crippen molar-refractivity contribution < 1.29 is 23.0 Å². The first-order chi connectivity index (χ1) is 12.3. The standard InChI is InChI=1S/C17H20F2N4O3/c1-17(2)10-22(9-11-4-5-12(25-3)8-13(11)26-17)16(24)20-14-6-7-23(21-14)15(18)19/h4-8,15H,9-10H2,1-3H3,(H,20,21,24). The van der Waals surface area contributed by atoms with Crippen LogP contribution in [-0.2, 0) is 6.54 Å². The fraction of sp³-hybridized carbons (Fsp3) is 0.412. The van der Waals surface area contributed by atoms with E-state index in [1.807, 2.05) is 19.9 Å². The first kappa shape index (κ1) is 18.0. The maximum Gasteiger partial charge on any atom is 0.333 e. The molecule has 2 amide bonds. The molecule has 0 aliphatic carbocycles. The summed E-state index contributed by atoms with van der Waals surface area (Å²) in [4.78, 5) is 14.2. The number of halogens is 2. The number of methoxy groups -OCH3 is 1. The highest BCUT2D eigenvalue weighted by Gasteiger charge is 2.32. The lowest BCUT2D eigenvalue weighted by atomic mass is 10.1. The Labute approximate surface area is 149 Å². The molecule has 0 saturated heterocycles. The summed E-state index contributed by atoms with van der Waals surface area (Å²) in [5.74, 6) is 1.37. The van der Waals surface area contributed by atoms with Crippen LogP contribution >= 0.6 is 0 Å². The molecule has 0 fully saturated rings. The normalized spacial score (nSPS) is 15.8. The van der Waals surface area contributed by atoms with E-state index in [9.17, 15) is 13.6 Å². The van der Waals surface area contributed by atoms with E-state index in [1.165, 1.54) is 6.07 Å². The SMILES string of the molecule is COc1ccc2c(c1)OC(C)(C)CN(C(=O)Nc1ccn(C(F)F)n1)C2. The van der Waals surface area contributed by atoms with E-state index >= 15 is 0 Å². The fourth-order valence-electron chi connectivity index (χ4n) is 2.78. The lowest BCUT2D eigenvalue weighted by Gasteiger charge is -2.29. The Balaban J connectivity index is 1.80. The minimum atomic E-state index is -2.76. The monoisotopic (exact) mass is 366 g/mol. The van der Waals surface area contributed by atoms with Gasteiger partial charge < -0.3 is 14.4 Å². The molecule has 26 heavy (non-hydrogen) atoms. The quantitative estimate of drug-likeness (QED) is 0.903. The molecule has 1 N–H and O–H groups in total. The largest absolute Gasteiger partial charge is 0.497 e. The average Bonchev–Trinajstić information content (AvgIpc) is 2.98. The van der Waals surface area contributed by atoms with Crippen molar-refractivity contribution in [2.45, 2.75) is 32.5 Å². The lowest BCUT2D eigenvalue weighted by Crippen LogP contribution is -2.44. The Bertz CT molecular complexity index is 807. The van der Waals surface area contributed by atoms with Crippen LogP contribution in [0.25, 0.3) is 0 Å². The second-order valence-corrected chi connectivity index (χ2v) is 6.58. The van der Waals surface area contributed by atoms with Crippen LogP contribution in [0.5, 0.6) is 11.5 Å². The second kappa shape index (κ2) is 6.81. The van der Waals surface area contributed by atoms with Crippen LogP contribution in [-0.4, -0.2) is 40.0 Å². The molecular formula is C17H20F2N4O3. The Morgan fingerprint density at radius 1 is 1.38 bits per heavy atom. The predicted molar refractivity (Wildman–Crippen MR) is 90.6 cm³/mol. The van der Waals surface area contributed by atoms with Crippen molar-refractivity contribution in [1.29, 1.82) is 0 Å². The maximum absolute atomic E-state index is 12.6. The van der Waals surface area contributed by atoms with E-state index in [1.54, 1.807) is 24.1 Å². The van der Waals surface area contributed by atoms with Gasteiger partial charge >= 0.3 is 12.6 Å². The summed E-state index contributed by atoms with van der Waals surface area (Å²) in [7, 11) is 1.57. The summed E-state index contributed by atoms with van der Waals surface area (Å²) in [6.45, 7) is 1.60. The molecule has 7 nitrogen and oxygen atoms in total. The summed E-state index contributed by atoms with van der Waals surface area (Å²) >= 11 is 0. The number of carbonyl (C=O) groups is 1. The number of urea groups is 1. The average molecular weight is 366 g/mol. The van der Waals surface area contributed by atoms with Gasteiger partial charge in [0, 0.05) is 23.9 Å². The van der Waals surface area contributed by atoms with Crippen LogP contribution in [0.4, 0.5) is 19.4 Å². The number of ether oxygens (including phenoxy) is 2. The van der Waals surface area contributed by atoms with Gasteiger partial charge in [0.05, 0.1) is 20.2 Å². The van der Waals surface area contributed by atoms with Gasteiger partial charge in [-0.25, -0.2) is 9.48 Å². The van der Waals surface area contributed by atoms with Crippen LogP contribution in [0, 0.1) is 0 Å². The van der Waals surface area contributed by atoms with Crippen molar-refractivity contribution in [2.75, 3.05) is 19.0 Å². The third-order valence-electron chi connectivity index (χ3n) is 3.92. The van der Waals surface area contributed by atoms with E-state index in [0.717, 1.165) is 11.8 Å². The number of hydrogen-bond donors (Lipinski definition) is 1. The Kier molecular flexibility index (Phi) is 4.71. The molecule has 140 valence electrons. The number of fused-ring (bicyclic) bond motifs is 1. The molecule has 0 bridgehead atoms. The number of nitrogens with one attached hydrogen (secondary N) is 1. The molecule has 0 saturated carbocycles. The molecule has 1 aromatic carbocycles. The molecule has 3 rings (SSSR count). The van der Waals surface area contributed by atoms with Crippen LogP contribution in [0.2, 0.25) is 0 Å². The molecule has 0 radical (unpaired) electrons. The fourth-order valence-corrected chi connectivity index (χ4v) is 2.78. The number of hydrogen-bond acceptors (Lipinski definition) is 4. The topological polar surface area (TPSA) is 68.6 Å². The highest BCUT2D eigenvalue weighted by atomic mass is 19.3. The summed E-state index contributed by atoms with van der Waals surface area (Å²) in [6.07, 6.45) is 1.11. The van der Waals surface area contributed by atoms with Gasteiger partial charge in [0.15, 0.2) is 5.82 Å². The number of rotatable bonds is 3. The molecule has 1 aromatic heterocycles. The van der Waals surface area contributed by atoms with Crippen molar-refractivity contribution in [2.24, 2.45) is 0 Å². The minimum absolute atomic E-state index is 0.0632. The van der Waals surface area contributed by atoms with E-state index in [2.05, 4.69) is 10.4 Å². The van der Waals surface area contributed by atoms with Gasteiger partial charge in [-0.1, -0.05) is 0 Å². The highest BCUT2D eigenvalue weighted by Crippen LogP contribution is 2.32. The lowest BCUT2D eigenvalue weighted by molar-refractivity contribution is 0.0568. The van der Waals surface area contributed by atoms with Crippen molar-refractivity contribution in [3.8, 4) is 11.5 Å². The first-order valence-electron chi connectivity index (χ1n) is 8.02. The van der Waals surface area contributed by atoms with Gasteiger partial charge in [0.25, 0.3) is 0 Å². The molecular weight excluding hydrogens is 346 g/mol. The van der Waals surface area contributed by atoms with E-state index in [4.69, 9.17) is 9.47 Å². The number of alkyl halides is 2. The van der Waals surface area contributed by atoms with Gasteiger partial charge in [0.2, 0.25) is 0 Å². The molecule has 0 unspecified atom stereocenters. The second-order valence-electron chi connectivity index (χ2n) is 6.58. The van der Waals surface area contributed by atoms with Crippen LogP contribution in [0.1, 0.15) is 26.0 Å². The molecule has 1 aliphatic heterocycles. The number of carbonyl (C=O) groups excluding carboxylic acids is 1. The summed E-state index contributed by atoms with van der Waals surface area (Å²) < 4.78 is 36.9. The van der Waals surface area contributed by atoms with E-state index in [0.29, 0.717) is 29.3 Å². The number of benzene rings is 1. The minimum Gasteiger partial charge on any atom is -0.497 e. The number of anilines is 1. The van der Waals surface area contributed by atoms with Crippen molar-refractivity contribution in [3.05, 3.63) is 36.0 Å². The van der Waals surface area contributed by atoms with Crippen molar-refractivity contribution in [3.63, 3.8) is 0 Å². The van der Waals surface area contributed by atoms with Crippen LogP contribution in [0.15, 0.2) is 30.5 Å². The first-order valence-corrected chi connectivity index (χ1v) is 8.02. The Hall–Kier alpha value is -2.84. The number of aromatic nitrogens is 2. The summed E-state index contributed by atoms with van der Waals surface area (Å²) in [5, 5.41) is 6.18. The van der Waals surface area contributed by atoms with Crippen LogP contribution < -0.4 is 14.8 Å². The van der Waals surface area contributed by atoms with Gasteiger partial charge in [-0.15, -0.1) is 0 Å². The predicted octanol–water partition coefficient (Wildman–Crippen LogP) is 3.49. The molecule has 9 heteroatoms. The Morgan fingerprint density at radius 3 is 2.81 bits per heavy atom.